The Morgan fingerprint density at radius 1 is 1.27 bits per heavy atom. The maximum Gasteiger partial charge on any atom is 0.267 e. The first-order valence-corrected chi connectivity index (χ1v) is 8.84. The molecule has 22 heavy (non-hydrogen) atoms. The highest BCUT2D eigenvalue weighted by atomic mass is 32.2. The minimum atomic E-state index is -3.41. The van der Waals surface area contributed by atoms with Gasteiger partial charge >= 0.3 is 0 Å². The van der Waals surface area contributed by atoms with E-state index in [4.69, 9.17) is 10.5 Å². The Balaban J connectivity index is 1.69. The minimum Gasteiger partial charge on any atom is -0.378 e. The lowest BCUT2D eigenvalue weighted by molar-refractivity contribution is -0.0695. The molecule has 0 radical (unpaired) electrons. The van der Waals surface area contributed by atoms with Gasteiger partial charge in [0.05, 0.1) is 29.4 Å². The van der Waals surface area contributed by atoms with Crippen LogP contribution in [0.4, 0.5) is 0 Å². The third-order valence-corrected chi connectivity index (χ3v) is 6.62. The van der Waals surface area contributed by atoms with Crippen LogP contribution in [0.5, 0.6) is 0 Å². The van der Waals surface area contributed by atoms with Crippen LogP contribution in [-0.2, 0) is 14.6 Å². The highest BCUT2D eigenvalue weighted by Crippen LogP contribution is 2.26. The summed E-state index contributed by atoms with van der Waals surface area (Å²) >= 11 is 0. The van der Waals surface area contributed by atoms with Gasteiger partial charge in [0.2, 0.25) is 0 Å². The quantitative estimate of drug-likeness (QED) is 0.823. The number of carbonyl (C=O) groups is 1. The van der Waals surface area contributed by atoms with E-state index in [2.05, 4.69) is 9.88 Å². The predicted octanol–water partition coefficient (Wildman–Crippen LogP) is -0.183. The molecule has 0 spiro atoms. The van der Waals surface area contributed by atoms with Gasteiger partial charge in [-0.15, -0.1) is 0 Å². The standard InChI is InChI=1S/C14H19N3O4S/c15-14(18)13-2-1-12(7-16-13)22(19,20)11-3-5-17(6-4-11)10-8-21-9-10/h1-2,7,10-11H,3-6,8-9H2,(H2,15,18). The fourth-order valence-corrected chi connectivity index (χ4v) is 4.55. The van der Waals surface area contributed by atoms with Crippen LogP contribution in [0.2, 0.25) is 0 Å². The number of primary amides is 1. The zero-order valence-corrected chi connectivity index (χ0v) is 13.0. The smallest absolute Gasteiger partial charge is 0.267 e. The summed E-state index contributed by atoms with van der Waals surface area (Å²) in [6.07, 6.45) is 2.44. The van der Waals surface area contributed by atoms with E-state index in [-0.39, 0.29) is 10.6 Å². The van der Waals surface area contributed by atoms with Crippen molar-refractivity contribution in [3.63, 3.8) is 0 Å². The Bertz CT molecular complexity index is 647. The summed E-state index contributed by atoms with van der Waals surface area (Å²) in [7, 11) is -3.41. The van der Waals surface area contributed by atoms with E-state index in [1.165, 1.54) is 18.3 Å². The molecule has 2 aliphatic rings. The molecule has 0 atom stereocenters. The molecule has 3 heterocycles. The van der Waals surface area contributed by atoms with Crippen molar-refractivity contribution in [2.24, 2.45) is 5.73 Å². The first kappa shape index (κ1) is 15.4. The van der Waals surface area contributed by atoms with Crippen molar-refractivity contribution in [1.82, 2.24) is 9.88 Å². The molecule has 2 aliphatic heterocycles. The van der Waals surface area contributed by atoms with Crippen LogP contribution in [0.25, 0.3) is 0 Å². The molecule has 0 unspecified atom stereocenters. The maximum absolute atomic E-state index is 12.6. The number of pyridine rings is 1. The van der Waals surface area contributed by atoms with Gasteiger partial charge in [0.25, 0.3) is 5.91 Å². The number of rotatable bonds is 4. The largest absolute Gasteiger partial charge is 0.378 e. The molecular formula is C14H19N3O4S. The van der Waals surface area contributed by atoms with Crippen LogP contribution < -0.4 is 5.73 Å². The molecule has 2 N–H and O–H groups in total. The summed E-state index contributed by atoms with van der Waals surface area (Å²) in [5.74, 6) is -0.667. The Kier molecular flexibility index (Phi) is 4.16. The summed E-state index contributed by atoms with van der Waals surface area (Å²) in [4.78, 5) is 17.3. The number of aromatic nitrogens is 1. The van der Waals surface area contributed by atoms with E-state index in [1.807, 2.05) is 0 Å². The molecule has 2 fully saturated rings. The summed E-state index contributed by atoms with van der Waals surface area (Å²) in [6, 6.07) is 3.21. The fraction of sp³-hybridized carbons (Fsp3) is 0.571. The molecule has 2 saturated heterocycles. The highest BCUT2D eigenvalue weighted by molar-refractivity contribution is 7.92. The van der Waals surface area contributed by atoms with E-state index in [9.17, 15) is 13.2 Å². The third kappa shape index (κ3) is 2.86. The van der Waals surface area contributed by atoms with Gasteiger partial charge in [0, 0.05) is 6.20 Å². The number of hydrogen-bond donors (Lipinski definition) is 1. The second-order valence-corrected chi connectivity index (χ2v) is 7.94. The van der Waals surface area contributed by atoms with Crippen LogP contribution in [0.15, 0.2) is 23.2 Å². The molecule has 1 aromatic heterocycles. The number of nitrogens with zero attached hydrogens (tertiary/aromatic N) is 2. The minimum absolute atomic E-state index is 0.0683. The van der Waals surface area contributed by atoms with E-state index in [1.54, 1.807) is 0 Å². The molecule has 0 saturated carbocycles. The van der Waals surface area contributed by atoms with Gasteiger partial charge in [-0.1, -0.05) is 0 Å². The fourth-order valence-electron chi connectivity index (χ4n) is 2.87. The van der Waals surface area contributed by atoms with Gasteiger partial charge < -0.3 is 10.5 Å². The molecule has 3 rings (SSSR count). The van der Waals surface area contributed by atoms with Crippen molar-refractivity contribution in [3.8, 4) is 0 Å². The Morgan fingerprint density at radius 2 is 1.95 bits per heavy atom. The zero-order chi connectivity index (χ0) is 15.7. The first-order valence-electron chi connectivity index (χ1n) is 7.30. The summed E-state index contributed by atoms with van der Waals surface area (Å²) in [5.41, 5.74) is 5.18. The van der Waals surface area contributed by atoms with Crippen molar-refractivity contribution in [1.29, 1.82) is 0 Å². The van der Waals surface area contributed by atoms with Gasteiger partial charge in [-0.3, -0.25) is 9.69 Å². The number of sulfone groups is 1. The molecule has 1 aromatic rings. The number of hydrogen-bond acceptors (Lipinski definition) is 6. The van der Waals surface area contributed by atoms with E-state index < -0.39 is 21.0 Å². The van der Waals surface area contributed by atoms with Gasteiger partial charge in [-0.25, -0.2) is 13.4 Å². The van der Waals surface area contributed by atoms with Crippen molar-refractivity contribution in [2.75, 3.05) is 26.3 Å². The highest BCUT2D eigenvalue weighted by Gasteiger charge is 2.35. The number of carbonyl (C=O) groups excluding carboxylic acids is 1. The Hall–Kier alpha value is -1.51. The van der Waals surface area contributed by atoms with Gasteiger partial charge in [-0.05, 0) is 38.1 Å². The van der Waals surface area contributed by atoms with E-state index >= 15 is 0 Å². The maximum atomic E-state index is 12.6. The third-order valence-electron chi connectivity index (χ3n) is 4.37. The van der Waals surface area contributed by atoms with E-state index in [0.717, 1.165) is 26.3 Å². The van der Waals surface area contributed by atoms with Crippen LogP contribution in [-0.4, -0.2) is 61.8 Å². The van der Waals surface area contributed by atoms with Crippen LogP contribution in [0, 0.1) is 0 Å². The number of likely N-dealkylation sites (tertiary alicyclic amines) is 1. The van der Waals surface area contributed by atoms with Crippen LogP contribution in [0.3, 0.4) is 0 Å². The summed E-state index contributed by atoms with van der Waals surface area (Å²) in [6.45, 7) is 3.03. The Morgan fingerprint density at radius 3 is 2.41 bits per heavy atom. The molecule has 8 heteroatoms. The summed E-state index contributed by atoms with van der Waals surface area (Å²) in [5, 5.41) is -0.397. The van der Waals surface area contributed by atoms with Crippen LogP contribution >= 0.6 is 0 Å². The van der Waals surface area contributed by atoms with Gasteiger partial charge in [0.15, 0.2) is 9.84 Å². The van der Waals surface area contributed by atoms with Crippen molar-refractivity contribution in [2.45, 2.75) is 29.0 Å². The molecule has 0 aliphatic carbocycles. The zero-order valence-electron chi connectivity index (χ0n) is 12.1. The summed E-state index contributed by atoms with van der Waals surface area (Å²) < 4.78 is 30.4. The van der Waals surface area contributed by atoms with Crippen LogP contribution in [0.1, 0.15) is 23.3 Å². The van der Waals surface area contributed by atoms with E-state index in [0.29, 0.717) is 18.9 Å². The average molecular weight is 325 g/mol. The van der Waals surface area contributed by atoms with Crippen molar-refractivity contribution < 1.29 is 17.9 Å². The van der Waals surface area contributed by atoms with Crippen molar-refractivity contribution >= 4 is 15.7 Å². The molecule has 7 nitrogen and oxygen atoms in total. The first-order chi connectivity index (χ1) is 10.5. The number of piperidine rings is 1. The number of nitrogens with two attached hydrogens (primary N) is 1. The molecule has 0 aromatic carbocycles. The lowest BCUT2D eigenvalue weighted by Crippen LogP contribution is -2.53. The molecule has 0 bridgehead atoms. The second-order valence-electron chi connectivity index (χ2n) is 5.72. The topological polar surface area (TPSA) is 103 Å². The number of amides is 1. The SMILES string of the molecule is NC(=O)c1ccc(S(=O)(=O)C2CCN(C3COC3)CC2)cn1. The molecule has 120 valence electrons. The second kappa shape index (κ2) is 5.94. The lowest BCUT2D eigenvalue weighted by atomic mass is 10.1. The average Bonchev–Trinajstić information content (AvgIpc) is 2.46. The van der Waals surface area contributed by atoms with Crippen molar-refractivity contribution in [3.05, 3.63) is 24.0 Å². The molecular weight excluding hydrogens is 306 g/mol. The number of ether oxygens (including phenoxy) is 1. The van der Waals surface area contributed by atoms with Gasteiger partial charge in [0.1, 0.15) is 5.69 Å². The lowest BCUT2D eigenvalue weighted by Gasteiger charge is -2.41. The normalized spacial score (nSPS) is 21.5. The predicted molar refractivity (Wildman–Crippen MR) is 79.1 cm³/mol. The molecule has 1 amide bonds. The monoisotopic (exact) mass is 325 g/mol. The van der Waals surface area contributed by atoms with Gasteiger partial charge in [-0.2, -0.15) is 0 Å². The Labute approximate surface area is 129 Å².